The van der Waals surface area contributed by atoms with Crippen molar-refractivity contribution in [2.75, 3.05) is 11.9 Å². The number of imidazole rings is 1. The van der Waals surface area contributed by atoms with Crippen molar-refractivity contribution in [1.29, 1.82) is 0 Å². The molecule has 0 amide bonds. The Morgan fingerprint density at radius 1 is 1.38 bits per heavy atom. The van der Waals surface area contributed by atoms with Gasteiger partial charge in [-0.1, -0.05) is 26.2 Å². The highest BCUT2D eigenvalue weighted by atomic mass is 15.2. The summed E-state index contributed by atoms with van der Waals surface area (Å²) in [6.07, 6.45) is 10.8. The van der Waals surface area contributed by atoms with E-state index in [1.54, 1.807) is 0 Å². The Bertz CT molecular complexity index is 324. The van der Waals surface area contributed by atoms with Gasteiger partial charge in [0.15, 0.2) is 0 Å². The number of nitrogens with zero attached hydrogens (tertiary/aromatic N) is 2. The lowest BCUT2D eigenvalue weighted by Crippen LogP contribution is -2.29. The zero-order valence-electron chi connectivity index (χ0n) is 10.5. The first kappa shape index (κ1) is 11.5. The lowest BCUT2D eigenvalue weighted by atomic mass is 9.76. The molecule has 1 aromatic rings. The van der Waals surface area contributed by atoms with Crippen LogP contribution in [0.5, 0.6) is 0 Å². The van der Waals surface area contributed by atoms with E-state index in [1.807, 2.05) is 12.4 Å². The first-order valence-corrected chi connectivity index (χ1v) is 6.48. The Morgan fingerprint density at radius 2 is 2.12 bits per heavy atom. The van der Waals surface area contributed by atoms with Crippen molar-refractivity contribution < 1.29 is 0 Å². The molecule has 0 bridgehead atoms. The minimum absolute atomic E-state index is 0.475. The largest absolute Gasteiger partial charge is 0.355 e. The van der Waals surface area contributed by atoms with Gasteiger partial charge < -0.3 is 9.88 Å². The van der Waals surface area contributed by atoms with Gasteiger partial charge in [-0.25, -0.2) is 4.98 Å². The summed E-state index contributed by atoms with van der Waals surface area (Å²) in [6.45, 7) is 6.59. The van der Waals surface area contributed by atoms with Gasteiger partial charge in [0.1, 0.15) is 0 Å². The van der Waals surface area contributed by atoms with Gasteiger partial charge in [0, 0.05) is 25.5 Å². The fourth-order valence-corrected chi connectivity index (χ4v) is 2.61. The predicted octanol–water partition coefficient (Wildman–Crippen LogP) is 3.29. The molecule has 1 aliphatic rings. The number of hydrogen-bond acceptors (Lipinski definition) is 2. The van der Waals surface area contributed by atoms with Crippen LogP contribution in [0.25, 0.3) is 0 Å². The van der Waals surface area contributed by atoms with E-state index < -0.39 is 0 Å². The Labute approximate surface area is 98.3 Å². The van der Waals surface area contributed by atoms with E-state index in [2.05, 4.69) is 28.7 Å². The molecule has 3 heteroatoms. The van der Waals surface area contributed by atoms with Crippen molar-refractivity contribution in [3.63, 3.8) is 0 Å². The summed E-state index contributed by atoms with van der Waals surface area (Å²) in [4.78, 5) is 4.35. The van der Waals surface area contributed by atoms with Gasteiger partial charge in [-0.3, -0.25) is 0 Å². The molecule has 1 aromatic heterocycles. The Kier molecular flexibility index (Phi) is 3.52. The molecule has 3 nitrogen and oxygen atoms in total. The molecular weight excluding hydrogens is 198 g/mol. The molecule has 2 rings (SSSR count). The van der Waals surface area contributed by atoms with E-state index in [1.165, 1.54) is 32.1 Å². The lowest BCUT2D eigenvalue weighted by molar-refractivity contribution is 0.233. The van der Waals surface area contributed by atoms with Gasteiger partial charge in [0.05, 0.1) is 0 Å². The zero-order valence-corrected chi connectivity index (χ0v) is 10.5. The quantitative estimate of drug-likeness (QED) is 0.845. The minimum atomic E-state index is 0.475. The average molecular weight is 221 g/mol. The maximum absolute atomic E-state index is 4.35. The number of nitrogens with one attached hydrogen (secondary N) is 1. The molecule has 0 unspecified atom stereocenters. The van der Waals surface area contributed by atoms with Crippen LogP contribution in [0.2, 0.25) is 0 Å². The molecule has 0 saturated heterocycles. The first-order valence-electron chi connectivity index (χ1n) is 6.48. The van der Waals surface area contributed by atoms with Crippen molar-refractivity contribution in [3.05, 3.63) is 12.4 Å². The van der Waals surface area contributed by atoms with Crippen LogP contribution in [0, 0.1) is 5.41 Å². The molecule has 0 spiro atoms. The van der Waals surface area contributed by atoms with Crippen LogP contribution in [0.4, 0.5) is 5.95 Å². The summed E-state index contributed by atoms with van der Waals surface area (Å²) >= 11 is 0. The molecule has 1 saturated carbocycles. The smallest absolute Gasteiger partial charge is 0.202 e. The number of anilines is 1. The monoisotopic (exact) mass is 221 g/mol. The predicted molar refractivity (Wildman–Crippen MR) is 67.6 cm³/mol. The maximum atomic E-state index is 4.35. The number of hydrogen-bond donors (Lipinski definition) is 1. The van der Waals surface area contributed by atoms with Crippen LogP contribution in [0.1, 0.15) is 46.0 Å². The van der Waals surface area contributed by atoms with Crippen molar-refractivity contribution >= 4 is 5.95 Å². The first-order chi connectivity index (χ1) is 7.73. The van der Waals surface area contributed by atoms with E-state index in [4.69, 9.17) is 0 Å². The summed E-state index contributed by atoms with van der Waals surface area (Å²) < 4.78 is 2.16. The van der Waals surface area contributed by atoms with Crippen molar-refractivity contribution in [2.24, 2.45) is 5.41 Å². The number of rotatable bonds is 4. The van der Waals surface area contributed by atoms with Crippen LogP contribution < -0.4 is 5.32 Å². The average Bonchev–Trinajstić information content (AvgIpc) is 2.75. The highest BCUT2D eigenvalue weighted by molar-refractivity contribution is 5.26. The molecule has 0 aromatic carbocycles. The molecule has 90 valence electrons. The molecule has 0 radical (unpaired) electrons. The van der Waals surface area contributed by atoms with Gasteiger partial charge in [-0.05, 0) is 25.2 Å². The summed E-state index contributed by atoms with van der Waals surface area (Å²) in [6, 6.07) is 0. The van der Waals surface area contributed by atoms with E-state index in [-0.39, 0.29) is 0 Å². The highest BCUT2D eigenvalue weighted by Crippen LogP contribution is 2.35. The van der Waals surface area contributed by atoms with Crippen LogP contribution >= 0.6 is 0 Å². The molecule has 1 N–H and O–H groups in total. The van der Waals surface area contributed by atoms with Gasteiger partial charge in [-0.2, -0.15) is 0 Å². The van der Waals surface area contributed by atoms with Crippen molar-refractivity contribution in [2.45, 2.75) is 52.5 Å². The molecule has 1 heterocycles. The fourth-order valence-electron chi connectivity index (χ4n) is 2.61. The highest BCUT2D eigenvalue weighted by Gasteiger charge is 2.26. The summed E-state index contributed by atoms with van der Waals surface area (Å²) in [5.41, 5.74) is 0.475. The molecule has 0 aliphatic heterocycles. The van der Waals surface area contributed by atoms with E-state index >= 15 is 0 Å². The molecule has 1 aliphatic carbocycles. The van der Waals surface area contributed by atoms with Crippen molar-refractivity contribution in [3.8, 4) is 0 Å². The van der Waals surface area contributed by atoms with E-state index in [0.29, 0.717) is 5.41 Å². The number of aromatic nitrogens is 2. The Morgan fingerprint density at radius 3 is 2.81 bits per heavy atom. The van der Waals surface area contributed by atoms with Crippen molar-refractivity contribution in [1.82, 2.24) is 9.55 Å². The van der Waals surface area contributed by atoms with Crippen LogP contribution in [0.3, 0.4) is 0 Å². The molecule has 0 atom stereocenters. The van der Waals surface area contributed by atoms with Gasteiger partial charge in [-0.15, -0.1) is 0 Å². The minimum Gasteiger partial charge on any atom is -0.355 e. The fraction of sp³-hybridized carbons (Fsp3) is 0.769. The number of aryl methyl sites for hydroxylation is 1. The van der Waals surface area contributed by atoms with Gasteiger partial charge in [0.25, 0.3) is 0 Å². The molecule has 1 fully saturated rings. The summed E-state index contributed by atoms with van der Waals surface area (Å²) in [5.74, 6) is 1.02. The second-order valence-electron chi connectivity index (χ2n) is 5.26. The molecule has 16 heavy (non-hydrogen) atoms. The summed E-state index contributed by atoms with van der Waals surface area (Å²) in [5, 5.41) is 3.51. The van der Waals surface area contributed by atoms with Crippen LogP contribution in [-0.2, 0) is 6.54 Å². The van der Waals surface area contributed by atoms with Crippen LogP contribution in [0.15, 0.2) is 12.4 Å². The third kappa shape index (κ3) is 2.57. The zero-order chi connectivity index (χ0) is 11.4. The van der Waals surface area contributed by atoms with Gasteiger partial charge in [0.2, 0.25) is 5.95 Å². The second kappa shape index (κ2) is 4.89. The standard InChI is InChI=1S/C13H23N3/c1-3-16-10-9-14-12(16)15-11-13(2)7-5-4-6-8-13/h9-10H,3-8,11H2,1-2H3,(H,14,15). The SMILES string of the molecule is CCn1ccnc1NCC1(C)CCCCC1. The lowest BCUT2D eigenvalue weighted by Gasteiger charge is -2.33. The van der Waals surface area contributed by atoms with Gasteiger partial charge >= 0.3 is 0 Å². The van der Waals surface area contributed by atoms with Crippen LogP contribution in [-0.4, -0.2) is 16.1 Å². The van der Waals surface area contributed by atoms with E-state index in [9.17, 15) is 0 Å². The Hall–Kier alpha value is -0.990. The topological polar surface area (TPSA) is 29.9 Å². The third-order valence-electron chi connectivity index (χ3n) is 3.79. The maximum Gasteiger partial charge on any atom is 0.202 e. The third-order valence-corrected chi connectivity index (χ3v) is 3.79. The van der Waals surface area contributed by atoms with E-state index in [0.717, 1.165) is 19.0 Å². The normalized spacial score (nSPS) is 19.6. The summed E-state index contributed by atoms with van der Waals surface area (Å²) in [7, 11) is 0. The molecular formula is C13H23N3. The second-order valence-corrected chi connectivity index (χ2v) is 5.26. The Balaban J connectivity index is 1.91.